The molecule has 1 N–H and O–H groups in total. The van der Waals surface area contributed by atoms with E-state index in [2.05, 4.69) is 10.3 Å². The van der Waals surface area contributed by atoms with Crippen molar-refractivity contribution in [3.05, 3.63) is 58.4 Å². The number of nitrogens with one attached hydrogen (secondary N) is 1. The second kappa shape index (κ2) is 5.52. The zero-order valence-corrected chi connectivity index (χ0v) is 10.7. The van der Waals surface area contributed by atoms with Crippen molar-refractivity contribution in [2.45, 2.75) is 13.5 Å². The summed E-state index contributed by atoms with van der Waals surface area (Å²) >= 11 is 6.19. The SMILES string of the molecule is Cc1cccc(NCc2ccnc(C#N)c2)c1Cl. The van der Waals surface area contributed by atoms with E-state index in [-0.39, 0.29) is 0 Å². The Hall–Kier alpha value is -2.05. The van der Waals surface area contributed by atoms with E-state index < -0.39 is 0 Å². The Labute approximate surface area is 111 Å². The number of hydrogen-bond acceptors (Lipinski definition) is 3. The van der Waals surface area contributed by atoms with E-state index in [1.54, 1.807) is 12.3 Å². The van der Waals surface area contributed by atoms with Crippen LogP contribution in [0.2, 0.25) is 5.02 Å². The van der Waals surface area contributed by atoms with Crippen molar-refractivity contribution in [3.63, 3.8) is 0 Å². The molecule has 18 heavy (non-hydrogen) atoms. The molecule has 0 saturated heterocycles. The molecule has 2 aromatic rings. The van der Waals surface area contributed by atoms with Crippen LogP contribution in [0.1, 0.15) is 16.8 Å². The molecule has 4 heteroatoms. The number of pyridine rings is 1. The summed E-state index contributed by atoms with van der Waals surface area (Å²) in [6, 6.07) is 11.5. The number of rotatable bonds is 3. The molecule has 1 aromatic carbocycles. The van der Waals surface area contributed by atoms with E-state index >= 15 is 0 Å². The first-order chi connectivity index (χ1) is 8.70. The minimum Gasteiger partial charge on any atom is -0.380 e. The highest BCUT2D eigenvalue weighted by Crippen LogP contribution is 2.25. The van der Waals surface area contributed by atoms with Crippen molar-refractivity contribution in [1.29, 1.82) is 5.26 Å². The van der Waals surface area contributed by atoms with E-state index in [1.807, 2.05) is 37.3 Å². The fourth-order valence-electron chi connectivity index (χ4n) is 1.63. The topological polar surface area (TPSA) is 48.7 Å². The van der Waals surface area contributed by atoms with Crippen molar-refractivity contribution in [2.24, 2.45) is 0 Å². The van der Waals surface area contributed by atoms with Gasteiger partial charge in [0, 0.05) is 12.7 Å². The molecule has 0 saturated carbocycles. The number of aryl methyl sites for hydroxylation is 1. The van der Waals surface area contributed by atoms with Gasteiger partial charge in [-0.1, -0.05) is 23.7 Å². The lowest BCUT2D eigenvalue weighted by Crippen LogP contribution is -2.01. The van der Waals surface area contributed by atoms with Gasteiger partial charge < -0.3 is 5.32 Å². The van der Waals surface area contributed by atoms with Gasteiger partial charge in [-0.15, -0.1) is 0 Å². The van der Waals surface area contributed by atoms with Gasteiger partial charge in [0.15, 0.2) is 0 Å². The molecule has 0 atom stereocenters. The molecule has 0 bridgehead atoms. The molecule has 2 rings (SSSR count). The summed E-state index contributed by atoms with van der Waals surface area (Å²) in [5.41, 5.74) is 3.35. The van der Waals surface area contributed by atoms with Gasteiger partial charge in [-0.3, -0.25) is 0 Å². The van der Waals surface area contributed by atoms with Crippen LogP contribution in [0.4, 0.5) is 5.69 Å². The molecule has 90 valence electrons. The Morgan fingerprint density at radius 3 is 3.00 bits per heavy atom. The van der Waals surface area contributed by atoms with E-state index in [0.717, 1.165) is 21.8 Å². The van der Waals surface area contributed by atoms with Crippen LogP contribution >= 0.6 is 11.6 Å². The summed E-state index contributed by atoms with van der Waals surface area (Å²) in [5, 5.41) is 12.8. The average molecular weight is 258 g/mol. The van der Waals surface area contributed by atoms with Gasteiger partial charge in [0.05, 0.1) is 10.7 Å². The average Bonchev–Trinajstić information content (AvgIpc) is 2.41. The summed E-state index contributed by atoms with van der Waals surface area (Å²) < 4.78 is 0. The Bertz CT molecular complexity index is 602. The van der Waals surface area contributed by atoms with Gasteiger partial charge in [-0.05, 0) is 36.2 Å². The lowest BCUT2D eigenvalue weighted by Gasteiger charge is -2.10. The molecule has 3 nitrogen and oxygen atoms in total. The molecule has 0 spiro atoms. The second-order valence-electron chi connectivity index (χ2n) is 3.95. The van der Waals surface area contributed by atoms with Gasteiger partial charge in [0.2, 0.25) is 0 Å². The number of halogens is 1. The van der Waals surface area contributed by atoms with Crippen LogP contribution in [-0.4, -0.2) is 4.98 Å². The lowest BCUT2D eigenvalue weighted by molar-refractivity contribution is 1.11. The smallest absolute Gasteiger partial charge is 0.140 e. The molecule has 1 aromatic heterocycles. The van der Waals surface area contributed by atoms with Gasteiger partial charge in [-0.25, -0.2) is 4.98 Å². The van der Waals surface area contributed by atoms with Gasteiger partial charge in [0.25, 0.3) is 0 Å². The number of hydrogen-bond donors (Lipinski definition) is 1. The van der Waals surface area contributed by atoms with Crippen LogP contribution < -0.4 is 5.32 Å². The van der Waals surface area contributed by atoms with Crippen LogP contribution in [0.25, 0.3) is 0 Å². The van der Waals surface area contributed by atoms with E-state index in [1.165, 1.54) is 0 Å². The van der Waals surface area contributed by atoms with Crippen molar-refractivity contribution in [1.82, 2.24) is 4.98 Å². The Morgan fingerprint density at radius 1 is 1.39 bits per heavy atom. The fraction of sp³-hybridized carbons (Fsp3) is 0.143. The molecule has 0 aliphatic carbocycles. The second-order valence-corrected chi connectivity index (χ2v) is 4.33. The number of benzene rings is 1. The summed E-state index contributed by atoms with van der Waals surface area (Å²) in [6.45, 7) is 2.58. The first-order valence-corrected chi connectivity index (χ1v) is 5.92. The molecule has 0 amide bonds. The number of aromatic nitrogens is 1. The molecular weight excluding hydrogens is 246 g/mol. The van der Waals surface area contributed by atoms with Crippen LogP contribution in [-0.2, 0) is 6.54 Å². The fourth-order valence-corrected chi connectivity index (χ4v) is 1.82. The zero-order valence-electron chi connectivity index (χ0n) is 9.94. The van der Waals surface area contributed by atoms with E-state index in [9.17, 15) is 0 Å². The van der Waals surface area contributed by atoms with Crippen LogP contribution in [0.3, 0.4) is 0 Å². The highest BCUT2D eigenvalue weighted by atomic mass is 35.5. The summed E-state index contributed by atoms with van der Waals surface area (Å²) in [4.78, 5) is 3.93. The van der Waals surface area contributed by atoms with E-state index in [4.69, 9.17) is 16.9 Å². The van der Waals surface area contributed by atoms with Crippen LogP contribution in [0.15, 0.2) is 36.5 Å². The molecular formula is C14H12ClN3. The first-order valence-electron chi connectivity index (χ1n) is 5.54. The number of nitrogens with zero attached hydrogens (tertiary/aromatic N) is 2. The van der Waals surface area contributed by atoms with Crippen molar-refractivity contribution >= 4 is 17.3 Å². The maximum absolute atomic E-state index is 8.77. The van der Waals surface area contributed by atoms with Gasteiger partial charge in [-0.2, -0.15) is 5.26 Å². The van der Waals surface area contributed by atoms with Crippen molar-refractivity contribution in [3.8, 4) is 6.07 Å². The third-order valence-electron chi connectivity index (χ3n) is 2.61. The molecule has 0 radical (unpaired) electrons. The zero-order chi connectivity index (χ0) is 13.0. The highest BCUT2D eigenvalue weighted by molar-refractivity contribution is 6.33. The number of nitriles is 1. The molecule has 1 heterocycles. The Balaban J connectivity index is 2.12. The quantitative estimate of drug-likeness (QED) is 0.915. The minimum absolute atomic E-state index is 0.421. The van der Waals surface area contributed by atoms with Crippen LogP contribution in [0, 0.1) is 18.3 Å². The highest BCUT2D eigenvalue weighted by Gasteiger charge is 2.02. The molecule has 0 aliphatic heterocycles. The minimum atomic E-state index is 0.421. The maximum Gasteiger partial charge on any atom is 0.140 e. The van der Waals surface area contributed by atoms with Crippen LogP contribution in [0.5, 0.6) is 0 Å². The Kier molecular flexibility index (Phi) is 3.81. The van der Waals surface area contributed by atoms with Crippen molar-refractivity contribution < 1.29 is 0 Å². The van der Waals surface area contributed by atoms with Gasteiger partial charge in [0.1, 0.15) is 11.8 Å². The third kappa shape index (κ3) is 2.79. The molecule has 0 aliphatic rings. The molecule has 0 unspecified atom stereocenters. The lowest BCUT2D eigenvalue weighted by atomic mass is 10.2. The molecule has 0 fully saturated rings. The maximum atomic E-state index is 8.77. The number of anilines is 1. The predicted octanol–water partition coefficient (Wildman–Crippen LogP) is 3.53. The van der Waals surface area contributed by atoms with E-state index in [0.29, 0.717) is 12.2 Å². The predicted molar refractivity (Wildman–Crippen MR) is 72.5 cm³/mol. The van der Waals surface area contributed by atoms with Crippen molar-refractivity contribution in [2.75, 3.05) is 5.32 Å². The monoisotopic (exact) mass is 257 g/mol. The standard InChI is InChI=1S/C14H12ClN3/c1-10-3-2-4-13(14(10)15)18-9-11-5-6-17-12(7-11)8-16/h2-7,18H,9H2,1H3. The first kappa shape index (κ1) is 12.4. The summed E-state index contributed by atoms with van der Waals surface area (Å²) in [6.07, 6.45) is 1.63. The Morgan fingerprint density at radius 2 is 2.22 bits per heavy atom. The largest absolute Gasteiger partial charge is 0.380 e. The summed E-state index contributed by atoms with van der Waals surface area (Å²) in [5.74, 6) is 0. The van der Waals surface area contributed by atoms with Gasteiger partial charge >= 0.3 is 0 Å². The summed E-state index contributed by atoms with van der Waals surface area (Å²) in [7, 11) is 0. The normalized spacial score (nSPS) is 9.83. The third-order valence-corrected chi connectivity index (χ3v) is 3.12.